The van der Waals surface area contributed by atoms with Gasteiger partial charge in [0.15, 0.2) is 5.96 Å². The number of guanidine groups is 1. The molecule has 0 bridgehead atoms. The van der Waals surface area contributed by atoms with Crippen LogP contribution in [0.15, 0.2) is 35.3 Å². The minimum absolute atomic E-state index is 0.00689. The zero-order valence-electron chi connectivity index (χ0n) is 19.8. The highest BCUT2D eigenvalue weighted by Gasteiger charge is 2.31. The Morgan fingerprint density at radius 1 is 0.889 bits per heavy atom. The number of benzene rings is 1. The van der Waals surface area contributed by atoms with Crippen LogP contribution in [0.3, 0.4) is 0 Å². The van der Waals surface area contributed by atoms with Crippen LogP contribution < -0.4 is 33.2 Å². The standard InChI is InChI=1S/C22H33N7O7/c1-12(23)18(32)28-15(11-17(30)31)20(34)27-14(8-5-9-26-22(24)25)19(33)29-16(21(35)36)10-13-6-3-2-4-7-13/h2-4,6-7,12,14-16H,5,8-11,23H2,1H3,(H,27,34)(H,28,32)(H,29,33)(H,30,31)(H,35,36)(H4,24,25,26). The number of aliphatic carboxylic acids is 2. The van der Waals surface area contributed by atoms with Crippen molar-refractivity contribution in [3.05, 3.63) is 35.9 Å². The van der Waals surface area contributed by atoms with Gasteiger partial charge in [0.05, 0.1) is 12.5 Å². The molecular formula is C22H33N7O7. The van der Waals surface area contributed by atoms with E-state index in [0.717, 1.165) is 0 Å². The van der Waals surface area contributed by atoms with E-state index < -0.39 is 60.2 Å². The molecule has 0 heterocycles. The number of aliphatic imine (C=N–C) groups is 1. The molecule has 1 rings (SSSR count). The normalized spacial score (nSPS) is 13.8. The minimum Gasteiger partial charge on any atom is -0.481 e. The molecule has 11 N–H and O–H groups in total. The molecule has 3 amide bonds. The number of carbonyl (C=O) groups is 5. The van der Waals surface area contributed by atoms with Crippen LogP contribution in [0.4, 0.5) is 0 Å². The molecule has 0 saturated heterocycles. The van der Waals surface area contributed by atoms with E-state index in [4.69, 9.17) is 22.3 Å². The number of carbonyl (C=O) groups excluding carboxylic acids is 3. The second-order valence-electron chi connectivity index (χ2n) is 8.05. The third-order valence-electron chi connectivity index (χ3n) is 4.90. The quantitative estimate of drug-likeness (QED) is 0.0712. The molecule has 0 radical (unpaired) electrons. The smallest absolute Gasteiger partial charge is 0.326 e. The van der Waals surface area contributed by atoms with Gasteiger partial charge in [0.25, 0.3) is 0 Å². The molecule has 198 valence electrons. The number of carboxylic acid groups (broad SMARTS) is 2. The van der Waals surface area contributed by atoms with Gasteiger partial charge in [0, 0.05) is 13.0 Å². The summed E-state index contributed by atoms with van der Waals surface area (Å²) in [4.78, 5) is 64.5. The maximum atomic E-state index is 13.0. The van der Waals surface area contributed by atoms with Crippen molar-refractivity contribution in [1.82, 2.24) is 16.0 Å². The van der Waals surface area contributed by atoms with E-state index in [0.29, 0.717) is 5.56 Å². The Balaban J connectivity index is 3.05. The summed E-state index contributed by atoms with van der Waals surface area (Å²) >= 11 is 0. The summed E-state index contributed by atoms with van der Waals surface area (Å²) in [5.74, 6) is -5.37. The van der Waals surface area contributed by atoms with Crippen molar-refractivity contribution in [1.29, 1.82) is 0 Å². The second-order valence-corrected chi connectivity index (χ2v) is 8.05. The van der Waals surface area contributed by atoms with E-state index in [1.54, 1.807) is 30.3 Å². The minimum atomic E-state index is -1.52. The van der Waals surface area contributed by atoms with Crippen molar-refractivity contribution in [3.63, 3.8) is 0 Å². The third-order valence-corrected chi connectivity index (χ3v) is 4.90. The second kappa shape index (κ2) is 14.9. The van der Waals surface area contributed by atoms with Crippen LogP contribution in [-0.2, 0) is 30.4 Å². The van der Waals surface area contributed by atoms with Gasteiger partial charge in [-0.05, 0) is 25.3 Å². The molecule has 0 aliphatic heterocycles. The number of carboxylic acids is 2. The summed E-state index contributed by atoms with van der Waals surface area (Å²) in [5.41, 5.74) is 16.7. The van der Waals surface area contributed by atoms with E-state index >= 15 is 0 Å². The van der Waals surface area contributed by atoms with E-state index in [1.807, 2.05) is 0 Å². The lowest BCUT2D eigenvalue weighted by atomic mass is 10.0. The first-order valence-corrected chi connectivity index (χ1v) is 11.1. The Morgan fingerprint density at radius 3 is 1.97 bits per heavy atom. The molecule has 36 heavy (non-hydrogen) atoms. The Morgan fingerprint density at radius 2 is 1.44 bits per heavy atom. The molecule has 1 aromatic rings. The molecule has 4 unspecified atom stereocenters. The van der Waals surface area contributed by atoms with Crippen LogP contribution in [0.25, 0.3) is 0 Å². The first kappa shape index (κ1) is 29.8. The average molecular weight is 508 g/mol. The van der Waals surface area contributed by atoms with Crippen molar-refractivity contribution in [2.24, 2.45) is 22.2 Å². The highest BCUT2D eigenvalue weighted by Crippen LogP contribution is 2.06. The molecule has 0 spiro atoms. The SMILES string of the molecule is CC(N)C(=O)NC(CC(=O)O)C(=O)NC(CCCN=C(N)N)C(=O)NC(Cc1ccccc1)C(=O)O. The van der Waals surface area contributed by atoms with Gasteiger partial charge < -0.3 is 43.4 Å². The Bertz CT molecular complexity index is 949. The average Bonchev–Trinajstić information content (AvgIpc) is 2.79. The molecule has 1 aromatic carbocycles. The predicted molar refractivity (Wildman–Crippen MR) is 129 cm³/mol. The topological polar surface area (TPSA) is 252 Å². The van der Waals surface area contributed by atoms with Crippen LogP contribution in [0.1, 0.15) is 31.7 Å². The summed E-state index contributed by atoms with van der Waals surface area (Å²) in [6.45, 7) is 1.47. The first-order valence-electron chi connectivity index (χ1n) is 11.1. The molecule has 14 heteroatoms. The maximum absolute atomic E-state index is 13.0. The lowest BCUT2D eigenvalue weighted by Gasteiger charge is -2.24. The summed E-state index contributed by atoms with van der Waals surface area (Å²) in [6, 6.07) is 3.51. The third kappa shape index (κ3) is 11.3. The van der Waals surface area contributed by atoms with Crippen molar-refractivity contribution in [2.45, 2.75) is 56.8 Å². The van der Waals surface area contributed by atoms with Crippen molar-refractivity contribution in [3.8, 4) is 0 Å². The van der Waals surface area contributed by atoms with E-state index in [-0.39, 0.29) is 31.8 Å². The van der Waals surface area contributed by atoms with Crippen LogP contribution in [0, 0.1) is 0 Å². The summed E-state index contributed by atoms with van der Waals surface area (Å²) in [6.07, 6.45) is -0.559. The van der Waals surface area contributed by atoms with Crippen molar-refractivity contribution < 1.29 is 34.2 Å². The largest absolute Gasteiger partial charge is 0.481 e. The van der Waals surface area contributed by atoms with Crippen LogP contribution >= 0.6 is 0 Å². The highest BCUT2D eigenvalue weighted by molar-refractivity contribution is 5.95. The van der Waals surface area contributed by atoms with E-state index in [9.17, 15) is 29.1 Å². The Hall–Kier alpha value is -4.20. The molecule has 4 atom stereocenters. The van der Waals surface area contributed by atoms with Gasteiger partial charge in [-0.1, -0.05) is 30.3 Å². The molecule has 14 nitrogen and oxygen atoms in total. The lowest BCUT2D eigenvalue weighted by molar-refractivity contribution is -0.143. The fourth-order valence-electron chi connectivity index (χ4n) is 3.05. The monoisotopic (exact) mass is 507 g/mol. The van der Waals surface area contributed by atoms with Gasteiger partial charge in [0.1, 0.15) is 18.1 Å². The Kier molecular flexibility index (Phi) is 12.4. The molecular weight excluding hydrogens is 474 g/mol. The van der Waals surface area contributed by atoms with Gasteiger partial charge in [-0.25, -0.2) is 4.79 Å². The number of nitrogens with zero attached hydrogens (tertiary/aromatic N) is 1. The number of amides is 3. The molecule has 0 saturated carbocycles. The predicted octanol–water partition coefficient (Wildman–Crippen LogP) is -2.36. The van der Waals surface area contributed by atoms with Gasteiger partial charge in [-0.15, -0.1) is 0 Å². The Labute approximate surface area is 207 Å². The fourth-order valence-corrected chi connectivity index (χ4v) is 3.05. The molecule has 0 aromatic heterocycles. The van der Waals surface area contributed by atoms with Gasteiger partial charge in [0.2, 0.25) is 17.7 Å². The molecule has 0 aliphatic carbocycles. The van der Waals surface area contributed by atoms with Crippen LogP contribution in [-0.4, -0.2) is 76.5 Å². The van der Waals surface area contributed by atoms with Crippen LogP contribution in [0.2, 0.25) is 0 Å². The maximum Gasteiger partial charge on any atom is 0.326 e. The summed E-state index contributed by atoms with van der Waals surface area (Å²) in [7, 11) is 0. The summed E-state index contributed by atoms with van der Waals surface area (Å²) in [5, 5.41) is 25.7. The van der Waals surface area contributed by atoms with E-state index in [2.05, 4.69) is 20.9 Å². The van der Waals surface area contributed by atoms with Crippen LogP contribution in [0.5, 0.6) is 0 Å². The highest BCUT2D eigenvalue weighted by atomic mass is 16.4. The number of hydrogen-bond donors (Lipinski definition) is 8. The number of hydrogen-bond acceptors (Lipinski definition) is 7. The van der Waals surface area contributed by atoms with Gasteiger partial charge >= 0.3 is 11.9 Å². The number of nitrogens with one attached hydrogen (secondary N) is 3. The van der Waals surface area contributed by atoms with Crippen molar-refractivity contribution >= 4 is 35.6 Å². The first-order chi connectivity index (χ1) is 16.9. The summed E-state index contributed by atoms with van der Waals surface area (Å²) < 4.78 is 0. The molecule has 0 fully saturated rings. The number of rotatable bonds is 15. The van der Waals surface area contributed by atoms with Gasteiger partial charge in [-0.2, -0.15) is 0 Å². The molecule has 0 aliphatic rings. The number of nitrogens with two attached hydrogens (primary N) is 3. The lowest BCUT2D eigenvalue weighted by Crippen LogP contribution is -2.57. The van der Waals surface area contributed by atoms with Crippen molar-refractivity contribution in [2.75, 3.05) is 6.54 Å². The van der Waals surface area contributed by atoms with E-state index in [1.165, 1.54) is 6.92 Å². The fraction of sp³-hybridized carbons (Fsp3) is 0.455. The zero-order chi connectivity index (χ0) is 27.3. The zero-order valence-corrected chi connectivity index (χ0v) is 19.8. The van der Waals surface area contributed by atoms with Gasteiger partial charge in [-0.3, -0.25) is 24.2 Å².